The van der Waals surface area contributed by atoms with Crippen molar-refractivity contribution in [2.24, 2.45) is 0 Å². The van der Waals surface area contributed by atoms with Gasteiger partial charge in [-0.2, -0.15) is 0 Å². The number of nitrogens with zero attached hydrogens (tertiary/aromatic N) is 2. The number of fused-ring (bicyclic) bond motifs is 5. The summed E-state index contributed by atoms with van der Waals surface area (Å²) in [4.78, 5) is 8.32. The van der Waals surface area contributed by atoms with Crippen molar-refractivity contribution in [2.45, 2.75) is 43.9 Å². The summed E-state index contributed by atoms with van der Waals surface area (Å²) < 4.78 is 9.00. The van der Waals surface area contributed by atoms with E-state index < -0.39 is 0 Å². The average molecular weight is 407 g/mol. The summed E-state index contributed by atoms with van der Waals surface area (Å²) in [5.41, 5.74) is 1.23. The average Bonchev–Trinajstić information content (AvgIpc) is 3.36. The minimum atomic E-state index is 0.316. The molecule has 2 unspecified atom stereocenters. The highest BCUT2D eigenvalue weighted by Crippen LogP contribution is 2.40. The van der Waals surface area contributed by atoms with Crippen LogP contribution in [0.15, 0.2) is 48.7 Å². The second-order valence-corrected chi connectivity index (χ2v) is 10.1. The van der Waals surface area contributed by atoms with Crippen LogP contribution in [0.2, 0.25) is 0 Å². The first-order valence-electron chi connectivity index (χ1n) is 10.0. The second kappa shape index (κ2) is 6.55. The Morgan fingerprint density at radius 1 is 0.964 bits per heavy atom. The summed E-state index contributed by atoms with van der Waals surface area (Å²) in [6.07, 6.45) is 7.19. The van der Waals surface area contributed by atoms with Gasteiger partial charge in [0, 0.05) is 38.5 Å². The first kappa shape index (κ1) is 17.0. The smallest absolute Gasteiger partial charge is 0.273 e. The number of piperidine rings is 1. The molecule has 28 heavy (non-hydrogen) atoms. The molecule has 2 bridgehead atoms. The summed E-state index contributed by atoms with van der Waals surface area (Å²) in [6, 6.07) is 16.8. The van der Waals surface area contributed by atoms with Crippen molar-refractivity contribution in [3.63, 3.8) is 0 Å². The zero-order valence-electron chi connectivity index (χ0n) is 15.8. The van der Waals surface area contributed by atoms with E-state index in [0.717, 1.165) is 18.0 Å². The van der Waals surface area contributed by atoms with E-state index in [0.29, 0.717) is 18.2 Å². The standard InChI is InChI=1S/C23H22N2OS2/c1-25-15-7-8-16(25)12-17(11-15)26-23-24-13-22(28-23)14-6-9-21-19(10-14)18-4-2-3-5-20(18)27-21/h2-6,9-10,13,15-17H,7-8,11-12H2,1H3/t15-,16?,17?/m0/s1. The third-order valence-corrected chi connectivity index (χ3v) is 8.56. The molecule has 3 atom stereocenters. The van der Waals surface area contributed by atoms with Gasteiger partial charge in [-0.15, -0.1) is 11.3 Å². The van der Waals surface area contributed by atoms with Crippen molar-refractivity contribution in [2.75, 3.05) is 7.05 Å². The van der Waals surface area contributed by atoms with E-state index in [1.165, 1.54) is 43.5 Å². The van der Waals surface area contributed by atoms with E-state index >= 15 is 0 Å². The van der Waals surface area contributed by atoms with Crippen LogP contribution in [0.1, 0.15) is 25.7 Å². The Labute approximate surface area is 172 Å². The van der Waals surface area contributed by atoms with E-state index in [1.54, 1.807) is 11.3 Å². The molecule has 0 spiro atoms. The molecule has 6 rings (SSSR count). The van der Waals surface area contributed by atoms with Gasteiger partial charge in [-0.25, -0.2) is 4.98 Å². The molecular formula is C23H22N2OS2. The summed E-state index contributed by atoms with van der Waals surface area (Å²) in [6.45, 7) is 0. The number of rotatable bonds is 3. The predicted molar refractivity (Wildman–Crippen MR) is 119 cm³/mol. The Balaban J connectivity index is 1.27. The zero-order valence-corrected chi connectivity index (χ0v) is 17.4. The van der Waals surface area contributed by atoms with Crippen LogP contribution in [0.4, 0.5) is 0 Å². The maximum Gasteiger partial charge on any atom is 0.273 e. The van der Waals surface area contributed by atoms with Crippen LogP contribution in [0.3, 0.4) is 0 Å². The van der Waals surface area contributed by atoms with Gasteiger partial charge >= 0.3 is 0 Å². The molecule has 0 amide bonds. The number of hydrogen-bond donors (Lipinski definition) is 0. The van der Waals surface area contributed by atoms with Gasteiger partial charge in [0.2, 0.25) is 0 Å². The summed E-state index contributed by atoms with van der Waals surface area (Å²) >= 11 is 3.54. The second-order valence-electron chi connectivity index (χ2n) is 8.06. The molecule has 2 aromatic heterocycles. The Hall–Kier alpha value is -1.95. The molecule has 2 saturated heterocycles. The molecule has 4 aromatic rings. The van der Waals surface area contributed by atoms with E-state index in [1.807, 2.05) is 17.5 Å². The zero-order chi connectivity index (χ0) is 18.7. The lowest BCUT2D eigenvalue weighted by Gasteiger charge is -2.35. The largest absolute Gasteiger partial charge is 0.467 e. The van der Waals surface area contributed by atoms with Gasteiger partial charge in [0.05, 0.1) is 4.88 Å². The molecule has 2 aromatic carbocycles. The lowest BCUT2D eigenvalue weighted by atomic mass is 10.0. The number of benzene rings is 2. The van der Waals surface area contributed by atoms with Crippen LogP contribution in [-0.4, -0.2) is 35.1 Å². The molecule has 142 valence electrons. The number of aromatic nitrogens is 1. The maximum absolute atomic E-state index is 6.31. The molecule has 4 heterocycles. The van der Waals surface area contributed by atoms with Crippen LogP contribution in [0.5, 0.6) is 5.19 Å². The maximum atomic E-state index is 6.31. The fraction of sp³-hybridized carbons (Fsp3) is 0.348. The van der Waals surface area contributed by atoms with E-state index in [-0.39, 0.29) is 0 Å². The first-order chi connectivity index (χ1) is 13.7. The van der Waals surface area contributed by atoms with Crippen LogP contribution in [0.25, 0.3) is 30.6 Å². The van der Waals surface area contributed by atoms with Crippen molar-refractivity contribution < 1.29 is 4.74 Å². The van der Waals surface area contributed by atoms with Crippen molar-refractivity contribution in [1.29, 1.82) is 0 Å². The summed E-state index contributed by atoms with van der Waals surface area (Å²) in [5, 5.41) is 3.49. The molecule has 0 N–H and O–H groups in total. The van der Waals surface area contributed by atoms with Crippen molar-refractivity contribution in [3.05, 3.63) is 48.7 Å². The van der Waals surface area contributed by atoms with Gasteiger partial charge in [0.25, 0.3) is 5.19 Å². The van der Waals surface area contributed by atoms with E-state index in [9.17, 15) is 0 Å². The molecule has 5 heteroatoms. The Morgan fingerprint density at radius 2 is 1.75 bits per heavy atom. The van der Waals surface area contributed by atoms with Gasteiger partial charge in [-0.05, 0) is 56.5 Å². The quantitative estimate of drug-likeness (QED) is 0.406. The molecule has 0 aliphatic carbocycles. The van der Waals surface area contributed by atoms with Gasteiger partial charge in [0.15, 0.2) is 0 Å². The van der Waals surface area contributed by atoms with Crippen molar-refractivity contribution >= 4 is 42.8 Å². The Bertz CT molecular complexity index is 1150. The molecule has 2 fully saturated rings. The van der Waals surface area contributed by atoms with Gasteiger partial charge in [0.1, 0.15) is 6.10 Å². The number of thiophene rings is 1. The molecule has 0 radical (unpaired) electrons. The van der Waals surface area contributed by atoms with Gasteiger partial charge in [-0.3, -0.25) is 0 Å². The van der Waals surface area contributed by atoms with Crippen LogP contribution in [0, 0.1) is 0 Å². The van der Waals surface area contributed by atoms with Crippen LogP contribution < -0.4 is 4.74 Å². The summed E-state index contributed by atoms with van der Waals surface area (Å²) in [5.74, 6) is 0. The number of hydrogen-bond acceptors (Lipinski definition) is 5. The third kappa shape index (κ3) is 2.76. The number of thiazole rings is 1. The lowest BCUT2D eigenvalue weighted by Crippen LogP contribution is -2.43. The minimum Gasteiger partial charge on any atom is -0.467 e. The normalized spacial score (nSPS) is 25.0. The first-order valence-corrected chi connectivity index (χ1v) is 11.6. The van der Waals surface area contributed by atoms with Crippen LogP contribution in [-0.2, 0) is 0 Å². The Kier molecular flexibility index (Phi) is 3.96. The minimum absolute atomic E-state index is 0.316. The predicted octanol–water partition coefficient (Wildman–Crippen LogP) is 6.18. The lowest BCUT2D eigenvalue weighted by molar-refractivity contribution is 0.0660. The van der Waals surface area contributed by atoms with Crippen LogP contribution >= 0.6 is 22.7 Å². The molecule has 0 saturated carbocycles. The highest BCUT2D eigenvalue weighted by atomic mass is 32.1. The summed E-state index contributed by atoms with van der Waals surface area (Å²) in [7, 11) is 2.27. The molecule has 2 aliphatic heterocycles. The molecule has 2 aliphatic rings. The van der Waals surface area contributed by atoms with Gasteiger partial charge in [-0.1, -0.05) is 35.6 Å². The Morgan fingerprint density at radius 3 is 2.61 bits per heavy atom. The van der Waals surface area contributed by atoms with E-state index in [2.05, 4.69) is 59.4 Å². The highest BCUT2D eigenvalue weighted by molar-refractivity contribution is 7.25. The van der Waals surface area contributed by atoms with E-state index in [4.69, 9.17) is 4.74 Å². The topological polar surface area (TPSA) is 25.4 Å². The molecular weight excluding hydrogens is 384 g/mol. The van der Waals surface area contributed by atoms with Crippen molar-refractivity contribution in [1.82, 2.24) is 9.88 Å². The fourth-order valence-corrected chi connectivity index (χ4v) is 6.84. The monoisotopic (exact) mass is 406 g/mol. The molecule has 3 nitrogen and oxygen atoms in total. The fourth-order valence-electron chi connectivity index (χ4n) is 4.93. The van der Waals surface area contributed by atoms with Crippen molar-refractivity contribution in [3.8, 4) is 15.6 Å². The number of ether oxygens (including phenoxy) is 1. The SMILES string of the molecule is CN1C2CC[C@H]1CC(Oc1ncc(-c3ccc4sc5ccccc5c4c3)s1)C2. The van der Waals surface area contributed by atoms with Gasteiger partial charge < -0.3 is 9.64 Å². The highest BCUT2D eigenvalue weighted by Gasteiger charge is 2.39. The third-order valence-electron chi connectivity index (χ3n) is 6.47.